The molecule has 1 aliphatic rings. The lowest BCUT2D eigenvalue weighted by Gasteiger charge is -2.08. The van der Waals surface area contributed by atoms with Crippen molar-refractivity contribution in [2.24, 2.45) is 0 Å². The van der Waals surface area contributed by atoms with E-state index in [-0.39, 0.29) is 17.6 Å². The third-order valence-corrected chi connectivity index (χ3v) is 3.58. The maximum atomic E-state index is 12.4. The number of aromatic nitrogens is 3. The van der Waals surface area contributed by atoms with E-state index >= 15 is 0 Å². The molecule has 2 aromatic heterocycles. The number of nitro groups is 1. The highest BCUT2D eigenvalue weighted by atomic mass is 16.6. The van der Waals surface area contributed by atoms with Gasteiger partial charge in [-0.2, -0.15) is 5.10 Å². The molecule has 110 valence electrons. The molecule has 0 unspecified atom stereocenters. The summed E-state index contributed by atoms with van der Waals surface area (Å²) in [4.78, 5) is 22.8. The SMILES string of the molecule is Cc1n[nH]c(C)c1NC(=O)c1cc([N+](=O)[O-])cn1C1CC1. The van der Waals surface area contributed by atoms with Crippen LogP contribution in [0.5, 0.6) is 0 Å². The molecule has 1 fully saturated rings. The lowest BCUT2D eigenvalue weighted by atomic mass is 10.3. The van der Waals surface area contributed by atoms with Crippen molar-refractivity contribution in [2.45, 2.75) is 32.7 Å². The van der Waals surface area contributed by atoms with Crippen LogP contribution in [0.3, 0.4) is 0 Å². The molecular weight excluding hydrogens is 274 g/mol. The van der Waals surface area contributed by atoms with Crippen LogP contribution in [0.4, 0.5) is 11.4 Å². The molecule has 2 aromatic rings. The van der Waals surface area contributed by atoms with Gasteiger partial charge in [-0.1, -0.05) is 0 Å². The molecule has 0 atom stereocenters. The summed E-state index contributed by atoms with van der Waals surface area (Å²) in [5.74, 6) is -0.359. The highest BCUT2D eigenvalue weighted by Crippen LogP contribution is 2.38. The molecule has 2 heterocycles. The van der Waals surface area contributed by atoms with E-state index in [2.05, 4.69) is 15.5 Å². The second kappa shape index (κ2) is 4.72. The van der Waals surface area contributed by atoms with Crippen molar-refractivity contribution in [1.82, 2.24) is 14.8 Å². The van der Waals surface area contributed by atoms with Crippen LogP contribution in [0.1, 0.15) is 40.8 Å². The first kappa shape index (κ1) is 13.3. The van der Waals surface area contributed by atoms with Gasteiger partial charge in [-0.15, -0.1) is 0 Å². The van der Waals surface area contributed by atoms with Crippen molar-refractivity contribution in [2.75, 3.05) is 5.32 Å². The number of rotatable bonds is 4. The predicted octanol–water partition coefficient (Wildman–Crippen LogP) is 2.32. The molecule has 0 saturated heterocycles. The summed E-state index contributed by atoms with van der Waals surface area (Å²) in [6.07, 6.45) is 3.31. The van der Waals surface area contributed by atoms with Gasteiger partial charge < -0.3 is 9.88 Å². The largest absolute Gasteiger partial charge is 0.334 e. The number of H-pyrrole nitrogens is 1. The van der Waals surface area contributed by atoms with Crippen LogP contribution in [-0.2, 0) is 0 Å². The quantitative estimate of drug-likeness (QED) is 0.665. The highest BCUT2D eigenvalue weighted by molar-refractivity contribution is 6.04. The fourth-order valence-electron chi connectivity index (χ4n) is 2.31. The van der Waals surface area contributed by atoms with Gasteiger partial charge in [-0.05, 0) is 26.7 Å². The minimum absolute atomic E-state index is 0.0623. The van der Waals surface area contributed by atoms with Crippen LogP contribution < -0.4 is 5.32 Å². The molecule has 0 radical (unpaired) electrons. The molecule has 0 aromatic carbocycles. The number of nitrogens with one attached hydrogen (secondary N) is 2. The van der Waals surface area contributed by atoms with Crippen molar-refractivity contribution < 1.29 is 9.72 Å². The first-order valence-electron chi connectivity index (χ1n) is 6.66. The first-order valence-corrected chi connectivity index (χ1v) is 6.66. The molecule has 21 heavy (non-hydrogen) atoms. The minimum Gasteiger partial charge on any atom is -0.334 e. The number of nitrogens with zero attached hydrogens (tertiary/aromatic N) is 3. The molecule has 2 N–H and O–H groups in total. The molecule has 3 rings (SSSR count). The van der Waals surface area contributed by atoms with E-state index in [1.807, 2.05) is 0 Å². The van der Waals surface area contributed by atoms with Crippen molar-refractivity contribution in [1.29, 1.82) is 0 Å². The van der Waals surface area contributed by atoms with Gasteiger partial charge in [-0.3, -0.25) is 20.0 Å². The molecular formula is C13H15N5O3. The van der Waals surface area contributed by atoms with Gasteiger partial charge in [0, 0.05) is 12.1 Å². The Balaban J connectivity index is 1.92. The number of amides is 1. The third kappa shape index (κ3) is 2.39. The van der Waals surface area contributed by atoms with Gasteiger partial charge in [0.15, 0.2) is 0 Å². The van der Waals surface area contributed by atoms with Gasteiger partial charge >= 0.3 is 0 Å². The Morgan fingerprint density at radius 1 is 1.52 bits per heavy atom. The second-order valence-corrected chi connectivity index (χ2v) is 5.24. The Morgan fingerprint density at radius 3 is 2.76 bits per heavy atom. The third-order valence-electron chi connectivity index (χ3n) is 3.58. The molecule has 1 amide bonds. The maximum absolute atomic E-state index is 12.4. The van der Waals surface area contributed by atoms with Gasteiger partial charge in [0.1, 0.15) is 5.69 Å². The summed E-state index contributed by atoms with van der Waals surface area (Å²) in [5.41, 5.74) is 2.29. The van der Waals surface area contributed by atoms with Crippen LogP contribution in [0.25, 0.3) is 0 Å². The van der Waals surface area contributed by atoms with E-state index in [4.69, 9.17) is 0 Å². The topological polar surface area (TPSA) is 106 Å². The Labute approximate surface area is 120 Å². The summed E-state index contributed by atoms with van der Waals surface area (Å²) in [7, 11) is 0. The van der Waals surface area contributed by atoms with Crippen molar-refractivity contribution >= 4 is 17.3 Å². The number of carbonyl (C=O) groups is 1. The average Bonchev–Trinajstić information content (AvgIpc) is 3.11. The van der Waals surface area contributed by atoms with Crippen LogP contribution in [0.2, 0.25) is 0 Å². The number of carbonyl (C=O) groups excluding carboxylic acids is 1. The zero-order valence-electron chi connectivity index (χ0n) is 11.7. The summed E-state index contributed by atoms with van der Waals surface area (Å²) >= 11 is 0. The zero-order chi connectivity index (χ0) is 15.1. The van der Waals surface area contributed by atoms with Gasteiger partial charge in [0.25, 0.3) is 11.6 Å². The predicted molar refractivity (Wildman–Crippen MR) is 75.4 cm³/mol. The number of anilines is 1. The zero-order valence-corrected chi connectivity index (χ0v) is 11.7. The Kier molecular flexibility index (Phi) is 3.00. The fourth-order valence-corrected chi connectivity index (χ4v) is 2.31. The Morgan fingerprint density at radius 2 is 2.24 bits per heavy atom. The summed E-state index contributed by atoms with van der Waals surface area (Å²) < 4.78 is 1.69. The molecule has 1 saturated carbocycles. The number of aromatic amines is 1. The fraction of sp³-hybridized carbons (Fsp3) is 0.385. The van der Waals surface area contributed by atoms with E-state index in [9.17, 15) is 14.9 Å². The lowest BCUT2D eigenvalue weighted by molar-refractivity contribution is -0.384. The van der Waals surface area contributed by atoms with Gasteiger partial charge in [-0.25, -0.2) is 0 Å². The number of hydrogen-bond acceptors (Lipinski definition) is 4. The van der Waals surface area contributed by atoms with E-state index < -0.39 is 4.92 Å². The summed E-state index contributed by atoms with van der Waals surface area (Å²) in [5, 5.41) is 20.5. The van der Waals surface area contributed by atoms with E-state index in [0.29, 0.717) is 17.1 Å². The van der Waals surface area contributed by atoms with E-state index in [1.54, 1.807) is 18.4 Å². The lowest BCUT2D eigenvalue weighted by Crippen LogP contribution is -2.17. The number of hydrogen-bond donors (Lipinski definition) is 2. The normalized spacial score (nSPS) is 14.2. The van der Waals surface area contributed by atoms with Crippen molar-refractivity contribution in [3.05, 3.63) is 39.5 Å². The smallest absolute Gasteiger partial charge is 0.287 e. The average molecular weight is 289 g/mol. The van der Waals surface area contributed by atoms with Crippen LogP contribution in [0, 0.1) is 24.0 Å². The monoisotopic (exact) mass is 289 g/mol. The molecule has 0 aliphatic heterocycles. The molecule has 0 bridgehead atoms. The Bertz CT molecular complexity index is 707. The summed E-state index contributed by atoms with van der Waals surface area (Å²) in [6, 6.07) is 1.50. The first-order chi connectivity index (χ1) is 9.97. The van der Waals surface area contributed by atoms with E-state index in [0.717, 1.165) is 18.5 Å². The van der Waals surface area contributed by atoms with E-state index in [1.165, 1.54) is 12.3 Å². The van der Waals surface area contributed by atoms with Crippen molar-refractivity contribution in [3.8, 4) is 0 Å². The van der Waals surface area contributed by atoms with Crippen LogP contribution in [-0.4, -0.2) is 25.6 Å². The van der Waals surface area contributed by atoms with Gasteiger partial charge in [0.05, 0.1) is 28.2 Å². The minimum atomic E-state index is -0.482. The number of aryl methyl sites for hydroxylation is 2. The summed E-state index contributed by atoms with van der Waals surface area (Å²) in [6.45, 7) is 3.58. The second-order valence-electron chi connectivity index (χ2n) is 5.24. The Hall–Kier alpha value is -2.64. The standard InChI is InChI=1S/C13H15N5O3/c1-7-12(8(2)16-15-7)14-13(19)11-5-10(18(20)21)6-17(11)9-3-4-9/h5-6,9H,3-4H2,1-2H3,(H,14,19)(H,15,16). The molecule has 8 heteroatoms. The van der Waals surface area contributed by atoms with Crippen molar-refractivity contribution in [3.63, 3.8) is 0 Å². The van der Waals surface area contributed by atoms with Crippen LogP contribution in [0.15, 0.2) is 12.3 Å². The molecule has 1 aliphatic carbocycles. The highest BCUT2D eigenvalue weighted by Gasteiger charge is 2.30. The molecule has 0 spiro atoms. The van der Waals surface area contributed by atoms with Gasteiger partial charge in [0.2, 0.25) is 0 Å². The van der Waals surface area contributed by atoms with Crippen LogP contribution >= 0.6 is 0 Å². The maximum Gasteiger partial charge on any atom is 0.287 e. The molecule has 8 nitrogen and oxygen atoms in total.